The standard InChI is InChI=1S/C21H24N8O5S4/c22-20-25-15(28-38-20)12(27-34-11-5-3-1-2-4-6-11)16(30)24-13-17(31)29-14(19(32)33)10(7-35-18(13)29)8-36-21-26-23-9-37-21/h9,11,13,18H,1-8H2,(H,24,30)(H,32,33)(H2,22,25,28)/t13?,18-/m1/s1. The lowest BCUT2D eigenvalue weighted by Gasteiger charge is -2.49. The van der Waals surface area contributed by atoms with Crippen LogP contribution in [0.5, 0.6) is 0 Å². The number of rotatable bonds is 9. The van der Waals surface area contributed by atoms with Crippen LogP contribution in [0.3, 0.4) is 0 Å². The maximum atomic E-state index is 13.3. The molecule has 0 spiro atoms. The molecular weight excluding hydrogens is 573 g/mol. The lowest BCUT2D eigenvalue weighted by Crippen LogP contribution is -2.71. The first-order valence-corrected chi connectivity index (χ1v) is 15.5. The fourth-order valence-electron chi connectivity index (χ4n) is 4.37. The van der Waals surface area contributed by atoms with Gasteiger partial charge < -0.3 is 21.0 Å². The summed E-state index contributed by atoms with van der Waals surface area (Å²) in [5.74, 6) is -1.62. The van der Waals surface area contributed by atoms with E-state index in [4.69, 9.17) is 10.6 Å². The third-order valence-corrected chi connectivity index (χ3v) is 10.0. The Hall–Kier alpha value is -2.76. The van der Waals surface area contributed by atoms with Gasteiger partial charge in [0.15, 0.2) is 9.47 Å². The summed E-state index contributed by atoms with van der Waals surface area (Å²) in [4.78, 5) is 49.5. The van der Waals surface area contributed by atoms with Crippen LogP contribution >= 0.6 is 46.4 Å². The third-order valence-electron chi connectivity index (χ3n) is 6.21. The largest absolute Gasteiger partial charge is 0.477 e. The summed E-state index contributed by atoms with van der Waals surface area (Å²) in [6.45, 7) is 0. The number of hydrogen-bond donors (Lipinski definition) is 3. The van der Waals surface area contributed by atoms with E-state index < -0.39 is 29.2 Å². The fraction of sp³-hybridized carbons (Fsp3) is 0.524. The van der Waals surface area contributed by atoms with E-state index in [1.54, 1.807) is 5.51 Å². The highest BCUT2D eigenvalue weighted by Crippen LogP contribution is 2.41. The number of oxime groups is 1. The Morgan fingerprint density at radius 3 is 2.74 bits per heavy atom. The topological polar surface area (TPSA) is 186 Å². The number of aliphatic carboxylic acids is 1. The maximum Gasteiger partial charge on any atom is 0.352 e. The van der Waals surface area contributed by atoms with E-state index in [2.05, 4.69) is 30.0 Å². The van der Waals surface area contributed by atoms with Gasteiger partial charge in [-0.05, 0) is 31.3 Å². The van der Waals surface area contributed by atoms with Crippen molar-refractivity contribution in [1.29, 1.82) is 0 Å². The summed E-state index contributed by atoms with van der Waals surface area (Å²) >= 11 is 5.03. The van der Waals surface area contributed by atoms with Crippen LogP contribution in [0.15, 0.2) is 26.3 Å². The molecule has 2 fully saturated rings. The SMILES string of the molecule is Nc1nc(C(=NOC2CCCCCC2)C(=O)NC2C(=O)N3C(C(=O)O)=C(CSc4nncs4)CS[C@H]23)ns1. The number of aromatic nitrogens is 4. The monoisotopic (exact) mass is 596 g/mol. The number of anilines is 1. The lowest BCUT2D eigenvalue weighted by molar-refractivity contribution is -0.150. The molecule has 17 heteroatoms. The van der Waals surface area contributed by atoms with Crippen molar-refractivity contribution in [2.45, 2.75) is 60.4 Å². The minimum atomic E-state index is -1.19. The van der Waals surface area contributed by atoms with Crippen LogP contribution in [0.25, 0.3) is 0 Å². The Bertz CT molecular complexity index is 1260. The van der Waals surface area contributed by atoms with Gasteiger partial charge in [0.05, 0.1) is 0 Å². The molecule has 0 radical (unpaired) electrons. The van der Waals surface area contributed by atoms with E-state index in [1.165, 1.54) is 39.8 Å². The van der Waals surface area contributed by atoms with Gasteiger partial charge in [-0.3, -0.25) is 14.5 Å². The number of β-lactam (4-membered cyclic amide) rings is 1. The molecule has 1 unspecified atom stereocenters. The van der Waals surface area contributed by atoms with Crippen molar-refractivity contribution < 1.29 is 24.3 Å². The number of thioether (sulfide) groups is 2. The molecule has 4 heterocycles. The van der Waals surface area contributed by atoms with E-state index in [0.29, 0.717) is 21.4 Å². The molecule has 1 aliphatic carbocycles. The molecule has 1 saturated heterocycles. The maximum absolute atomic E-state index is 13.3. The van der Waals surface area contributed by atoms with E-state index in [1.807, 2.05) is 0 Å². The van der Waals surface area contributed by atoms with Crippen LogP contribution < -0.4 is 11.1 Å². The second-order valence-electron chi connectivity index (χ2n) is 8.73. The van der Waals surface area contributed by atoms with Crippen molar-refractivity contribution in [3.8, 4) is 0 Å². The smallest absolute Gasteiger partial charge is 0.352 e. The zero-order chi connectivity index (χ0) is 26.6. The molecule has 2 atom stereocenters. The van der Waals surface area contributed by atoms with E-state index in [0.717, 1.165) is 50.1 Å². The van der Waals surface area contributed by atoms with Gasteiger partial charge in [0.25, 0.3) is 11.8 Å². The number of carboxylic acids is 1. The summed E-state index contributed by atoms with van der Waals surface area (Å²) in [6.07, 6.45) is 5.87. The zero-order valence-corrected chi connectivity index (χ0v) is 23.2. The quantitative estimate of drug-likeness (QED) is 0.126. The molecule has 2 aromatic rings. The molecule has 2 amide bonds. The number of nitrogens with one attached hydrogen (secondary N) is 1. The fourth-order valence-corrected chi connectivity index (χ4v) is 7.78. The van der Waals surface area contributed by atoms with Gasteiger partial charge in [-0.1, -0.05) is 41.1 Å². The lowest BCUT2D eigenvalue weighted by atomic mass is 10.0. The van der Waals surface area contributed by atoms with Crippen molar-refractivity contribution in [2.24, 2.45) is 5.16 Å². The number of fused-ring (bicyclic) bond motifs is 1. The molecule has 38 heavy (non-hydrogen) atoms. The predicted molar refractivity (Wildman–Crippen MR) is 144 cm³/mol. The van der Waals surface area contributed by atoms with Crippen LogP contribution in [0.2, 0.25) is 0 Å². The Labute approximate surface area is 233 Å². The molecule has 13 nitrogen and oxygen atoms in total. The van der Waals surface area contributed by atoms with Crippen molar-refractivity contribution >= 4 is 75.0 Å². The summed E-state index contributed by atoms with van der Waals surface area (Å²) in [5.41, 5.74) is 7.70. The first kappa shape index (κ1) is 26.8. The number of nitrogen functional groups attached to an aromatic ring is 1. The highest BCUT2D eigenvalue weighted by Gasteiger charge is 2.54. The average molecular weight is 597 g/mol. The highest BCUT2D eigenvalue weighted by molar-refractivity contribution is 8.01. The van der Waals surface area contributed by atoms with Gasteiger partial charge >= 0.3 is 5.97 Å². The molecule has 5 rings (SSSR count). The second kappa shape index (κ2) is 12.0. The van der Waals surface area contributed by atoms with Crippen LogP contribution in [-0.2, 0) is 19.2 Å². The van der Waals surface area contributed by atoms with Gasteiger partial charge in [-0.15, -0.1) is 22.0 Å². The number of carbonyl (C=O) groups excluding carboxylic acids is 2. The molecular formula is C21H24N8O5S4. The molecule has 1 saturated carbocycles. The van der Waals surface area contributed by atoms with Crippen molar-refractivity contribution in [3.63, 3.8) is 0 Å². The minimum absolute atomic E-state index is 0.0145. The van der Waals surface area contributed by atoms with Gasteiger partial charge in [-0.25, -0.2) is 4.79 Å². The molecule has 202 valence electrons. The van der Waals surface area contributed by atoms with E-state index in [-0.39, 0.29) is 28.5 Å². The number of nitrogens with zero attached hydrogens (tertiary/aromatic N) is 6. The van der Waals surface area contributed by atoms with Crippen molar-refractivity contribution in [2.75, 3.05) is 17.2 Å². The highest BCUT2D eigenvalue weighted by atomic mass is 32.2. The number of carbonyl (C=O) groups is 3. The van der Waals surface area contributed by atoms with Gasteiger partial charge in [0.1, 0.15) is 28.7 Å². The first-order chi connectivity index (χ1) is 18.4. The number of nitrogens with two attached hydrogens (primary N) is 1. The number of amides is 2. The van der Waals surface area contributed by atoms with Crippen molar-refractivity contribution in [1.82, 2.24) is 29.8 Å². The van der Waals surface area contributed by atoms with E-state index >= 15 is 0 Å². The van der Waals surface area contributed by atoms with Crippen LogP contribution in [0, 0.1) is 0 Å². The van der Waals surface area contributed by atoms with Gasteiger partial charge in [0.2, 0.25) is 11.5 Å². The molecule has 0 aromatic carbocycles. The molecule has 0 bridgehead atoms. The Balaban J connectivity index is 1.30. The Morgan fingerprint density at radius 2 is 2.08 bits per heavy atom. The van der Waals surface area contributed by atoms with Gasteiger partial charge in [0, 0.05) is 23.0 Å². The normalized spacial score (nSPS) is 22.5. The van der Waals surface area contributed by atoms with Crippen LogP contribution in [0.1, 0.15) is 44.3 Å². The Morgan fingerprint density at radius 1 is 1.29 bits per heavy atom. The van der Waals surface area contributed by atoms with Crippen LogP contribution in [-0.4, -0.2) is 82.1 Å². The molecule has 2 aromatic heterocycles. The summed E-state index contributed by atoms with van der Waals surface area (Å²) in [7, 11) is 0. The van der Waals surface area contributed by atoms with E-state index in [9.17, 15) is 19.5 Å². The first-order valence-electron chi connectivity index (χ1n) is 11.9. The van der Waals surface area contributed by atoms with Gasteiger partial charge in [-0.2, -0.15) is 9.36 Å². The Kier molecular flexibility index (Phi) is 8.45. The molecule has 3 aliphatic rings. The summed E-state index contributed by atoms with van der Waals surface area (Å²) < 4.78 is 4.81. The second-order valence-corrected chi connectivity index (χ2v) is 12.7. The molecule has 2 aliphatic heterocycles. The summed E-state index contributed by atoms with van der Waals surface area (Å²) in [6, 6.07) is -0.932. The number of hydrogen-bond acceptors (Lipinski definition) is 14. The zero-order valence-electron chi connectivity index (χ0n) is 19.9. The third kappa shape index (κ3) is 5.79. The van der Waals surface area contributed by atoms with Crippen molar-refractivity contribution in [3.05, 3.63) is 22.6 Å². The molecule has 4 N–H and O–H groups in total. The average Bonchev–Trinajstić information content (AvgIpc) is 3.51. The number of carboxylic acid groups (broad SMARTS) is 1. The minimum Gasteiger partial charge on any atom is -0.477 e. The van der Waals surface area contributed by atoms with Crippen LogP contribution in [0.4, 0.5) is 5.13 Å². The summed E-state index contributed by atoms with van der Waals surface area (Å²) in [5, 5.41) is 24.0. The predicted octanol–water partition coefficient (Wildman–Crippen LogP) is 1.95.